The van der Waals surface area contributed by atoms with Crippen LogP contribution in [-0.2, 0) is 14.4 Å². The molecule has 1 aliphatic rings. The van der Waals surface area contributed by atoms with Gasteiger partial charge in [-0.1, -0.05) is 0 Å². The van der Waals surface area contributed by atoms with E-state index in [1.54, 1.807) is 5.06 Å². The molecule has 16 heavy (non-hydrogen) atoms. The van der Waals surface area contributed by atoms with Crippen molar-refractivity contribution < 1.29 is 14.4 Å². The van der Waals surface area contributed by atoms with Crippen LogP contribution in [0.1, 0.15) is 47.5 Å². The van der Waals surface area contributed by atoms with Crippen LogP contribution in [0.15, 0.2) is 0 Å². The Hall–Kier alpha value is -0.900. The lowest BCUT2D eigenvalue weighted by atomic mass is 9.91. The minimum absolute atomic E-state index is 0.230. The zero-order valence-electron chi connectivity index (χ0n) is 10.8. The van der Waals surface area contributed by atoms with Crippen molar-refractivity contribution in [2.24, 2.45) is 5.41 Å². The number of carbonyl (C=O) groups excluding carboxylic acids is 2. The number of hydrogen-bond acceptors (Lipinski definition) is 4. The standard InChI is InChI=1S/C12H21NO3/c1-11(2,3)10(15)16-13-7-6-9(14)8-12(13,4)5/h6-8H2,1-5H3. The van der Waals surface area contributed by atoms with Gasteiger partial charge in [-0.3, -0.25) is 4.79 Å². The monoisotopic (exact) mass is 227 g/mol. The van der Waals surface area contributed by atoms with E-state index in [-0.39, 0.29) is 11.8 Å². The van der Waals surface area contributed by atoms with Crippen molar-refractivity contribution in [3.05, 3.63) is 0 Å². The topological polar surface area (TPSA) is 46.6 Å². The molecule has 1 saturated heterocycles. The minimum atomic E-state index is -0.516. The first-order valence-corrected chi connectivity index (χ1v) is 5.65. The predicted molar refractivity (Wildman–Crippen MR) is 60.6 cm³/mol. The SMILES string of the molecule is CC(C)(C)C(=O)ON1CCC(=O)CC1(C)C. The Bertz CT molecular complexity index is 302. The van der Waals surface area contributed by atoms with E-state index in [0.717, 1.165) is 0 Å². The van der Waals surface area contributed by atoms with Gasteiger partial charge in [0.2, 0.25) is 0 Å². The van der Waals surface area contributed by atoms with Crippen LogP contribution in [0.3, 0.4) is 0 Å². The number of ketones is 1. The van der Waals surface area contributed by atoms with Crippen molar-refractivity contribution in [1.82, 2.24) is 5.06 Å². The molecule has 4 heteroatoms. The van der Waals surface area contributed by atoms with Crippen LogP contribution >= 0.6 is 0 Å². The summed E-state index contributed by atoms with van der Waals surface area (Å²) in [5, 5.41) is 1.64. The summed E-state index contributed by atoms with van der Waals surface area (Å²) in [5.74, 6) is -0.0250. The third-order valence-corrected chi connectivity index (χ3v) is 2.70. The van der Waals surface area contributed by atoms with Crippen LogP contribution in [0, 0.1) is 5.41 Å². The van der Waals surface area contributed by atoms with E-state index in [0.29, 0.717) is 19.4 Å². The third-order valence-electron chi connectivity index (χ3n) is 2.70. The van der Waals surface area contributed by atoms with E-state index in [9.17, 15) is 9.59 Å². The van der Waals surface area contributed by atoms with Crippen LogP contribution in [-0.4, -0.2) is 28.9 Å². The highest BCUT2D eigenvalue weighted by Gasteiger charge is 2.38. The summed E-state index contributed by atoms with van der Waals surface area (Å²) in [6.45, 7) is 9.78. The van der Waals surface area contributed by atoms with Crippen LogP contribution in [0.5, 0.6) is 0 Å². The van der Waals surface area contributed by atoms with Gasteiger partial charge in [-0.25, -0.2) is 4.79 Å². The van der Waals surface area contributed by atoms with E-state index in [2.05, 4.69) is 0 Å². The highest BCUT2D eigenvalue weighted by Crippen LogP contribution is 2.27. The Morgan fingerprint density at radius 1 is 1.38 bits per heavy atom. The summed E-state index contributed by atoms with van der Waals surface area (Å²) in [7, 11) is 0. The predicted octanol–water partition coefficient (Wildman–Crippen LogP) is 1.93. The fraction of sp³-hybridized carbons (Fsp3) is 0.833. The van der Waals surface area contributed by atoms with Crippen LogP contribution < -0.4 is 0 Å². The number of hydroxylamine groups is 2. The van der Waals surface area contributed by atoms with Gasteiger partial charge in [0.15, 0.2) is 0 Å². The number of Topliss-reactive ketones (excluding diaryl/α,β-unsaturated/α-hetero) is 1. The highest BCUT2D eigenvalue weighted by molar-refractivity contribution is 5.81. The lowest BCUT2D eigenvalue weighted by Crippen LogP contribution is -2.51. The van der Waals surface area contributed by atoms with Gasteiger partial charge in [-0.2, -0.15) is 0 Å². The van der Waals surface area contributed by atoms with Crippen molar-refractivity contribution in [2.75, 3.05) is 6.54 Å². The molecule has 0 spiro atoms. The van der Waals surface area contributed by atoms with Crippen LogP contribution in [0.4, 0.5) is 0 Å². The van der Waals surface area contributed by atoms with Crippen LogP contribution in [0.25, 0.3) is 0 Å². The highest BCUT2D eigenvalue weighted by atomic mass is 16.7. The van der Waals surface area contributed by atoms with Crippen LogP contribution in [0.2, 0.25) is 0 Å². The molecule has 1 fully saturated rings. The Labute approximate surface area is 96.9 Å². The Morgan fingerprint density at radius 2 is 1.94 bits per heavy atom. The van der Waals surface area contributed by atoms with Gasteiger partial charge in [-0.05, 0) is 34.6 Å². The molecular formula is C12H21NO3. The summed E-state index contributed by atoms with van der Waals surface area (Å²) in [4.78, 5) is 28.5. The number of hydrogen-bond donors (Lipinski definition) is 0. The first-order valence-electron chi connectivity index (χ1n) is 5.65. The molecule has 4 nitrogen and oxygen atoms in total. The maximum Gasteiger partial charge on any atom is 0.330 e. The zero-order chi connectivity index (χ0) is 12.6. The molecule has 0 atom stereocenters. The average Bonchev–Trinajstić information content (AvgIpc) is 2.06. The molecule has 0 aromatic rings. The van der Waals surface area contributed by atoms with E-state index in [1.165, 1.54) is 0 Å². The molecule has 0 unspecified atom stereocenters. The number of nitrogens with zero attached hydrogens (tertiary/aromatic N) is 1. The molecular weight excluding hydrogens is 206 g/mol. The largest absolute Gasteiger partial charge is 0.367 e. The van der Waals surface area contributed by atoms with Gasteiger partial charge >= 0.3 is 5.97 Å². The normalized spacial score (nSPS) is 21.9. The van der Waals surface area contributed by atoms with Gasteiger partial charge in [-0.15, -0.1) is 5.06 Å². The number of piperidine rings is 1. The molecule has 1 rings (SSSR count). The third kappa shape index (κ3) is 3.04. The fourth-order valence-electron chi connectivity index (χ4n) is 1.59. The van der Waals surface area contributed by atoms with E-state index < -0.39 is 11.0 Å². The maximum absolute atomic E-state index is 11.8. The van der Waals surface area contributed by atoms with Gasteiger partial charge in [0.25, 0.3) is 0 Å². The molecule has 0 saturated carbocycles. The van der Waals surface area contributed by atoms with E-state index >= 15 is 0 Å². The van der Waals surface area contributed by atoms with Gasteiger partial charge in [0, 0.05) is 19.4 Å². The van der Waals surface area contributed by atoms with E-state index in [4.69, 9.17) is 4.84 Å². The Balaban J connectivity index is 2.68. The van der Waals surface area contributed by atoms with Crippen molar-refractivity contribution in [3.8, 4) is 0 Å². The lowest BCUT2D eigenvalue weighted by molar-refractivity contribution is -0.231. The number of rotatable bonds is 1. The van der Waals surface area contributed by atoms with Crippen molar-refractivity contribution in [2.45, 2.75) is 53.0 Å². The van der Waals surface area contributed by atoms with E-state index in [1.807, 2.05) is 34.6 Å². The summed E-state index contributed by atoms with van der Waals surface area (Å²) in [5.41, 5.74) is -0.909. The molecule has 0 amide bonds. The van der Waals surface area contributed by atoms with Crippen molar-refractivity contribution in [1.29, 1.82) is 0 Å². The van der Waals surface area contributed by atoms with Gasteiger partial charge in [0.05, 0.1) is 11.0 Å². The number of carbonyl (C=O) groups is 2. The molecule has 0 bridgehead atoms. The van der Waals surface area contributed by atoms with Gasteiger partial charge < -0.3 is 4.84 Å². The summed E-state index contributed by atoms with van der Waals surface area (Å²) < 4.78 is 0. The zero-order valence-corrected chi connectivity index (χ0v) is 10.8. The summed E-state index contributed by atoms with van der Waals surface area (Å²) >= 11 is 0. The Kier molecular flexibility index (Phi) is 3.43. The molecule has 0 N–H and O–H groups in total. The first kappa shape index (κ1) is 13.2. The average molecular weight is 227 g/mol. The molecule has 92 valence electrons. The summed E-state index contributed by atoms with van der Waals surface area (Å²) in [6.07, 6.45) is 0.894. The van der Waals surface area contributed by atoms with Crippen molar-refractivity contribution in [3.63, 3.8) is 0 Å². The van der Waals surface area contributed by atoms with Gasteiger partial charge in [0.1, 0.15) is 5.78 Å². The smallest absolute Gasteiger partial charge is 0.330 e. The summed E-state index contributed by atoms with van der Waals surface area (Å²) in [6, 6.07) is 0. The second-order valence-electron chi connectivity index (χ2n) is 6.01. The van der Waals surface area contributed by atoms with Crippen molar-refractivity contribution >= 4 is 11.8 Å². The molecule has 0 radical (unpaired) electrons. The molecule has 0 aromatic carbocycles. The lowest BCUT2D eigenvalue weighted by Gasteiger charge is -2.40. The fourth-order valence-corrected chi connectivity index (χ4v) is 1.59. The molecule has 1 heterocycles. The second kappa shape index (κ2) is 4.17. The minimum Gasteiger partial charge on any atom is -0.367 e. The molecule has 0 aliphatic carbocycles. The molecule has 1 aliphatic heterocycles. The Morgan fingerprint density at radius 3 is 2.38 bits per heavy atom. The molecule has 0 aromatic heterocycles. The quantitative estimate of drug-likeness (QED) is 0.686. The second-order valence-corrected chi connectivity index (χ2v) is 6.01. The first-order chi connectivity index (χ1) is 7.13. The maximum atomic E-state index is 11.8.